The Kier molecular flexibility index (Phi) is 6.87. The minimum absolute atomic E-state index is 0.104. The van der Waals surface area contributed by atoms with E-state index in [1.165, 1.54) is 0 Å². The second kappa shape index (κ2) is 10.2. The maximum Gasteiger partial charge on any atom is 0.272 e. The van der Waals surface area contributed by atoms with Crippen molar-refractivity contribution in [2.75, 3.05) is 24.6 Å². The first kappa shape index (κ1) is 23.6. The van der Waals surface area contributed by atoms with Gasteiger partial charge in [0.05, 0.1) is 12.7 Å². The number of rotatable bonds is 6. The lowest BCUT2D eigenvalue weighted by atomic mass is 9.92. The highest BCUT2D eigenvalue weighted by atomic mass is 16.5. The van der Waals surface area contributed by atoms with Crippen molar-refractivity contribution >= 4 is 17.4 Å². The number of hydrogen-bond acceptors (Lipinski definition) is 6. The quantitative estimate of drug-likeness (QED) is 0.616. The largest absolute Gasteiger partial charge is 0.491 e. The van der Waals surface area contributed by atoms with Crippen LogP contribution in [-0.4, -0.2) is 53.1 Å². The predicted octanol–water partition coefficient (Wildman–Crippen LogP) is 3.91. The molecule has 8 nitrogen and oxygen atoms in total. The molecule has 2 saturated carbocycles. The van der Waals surface area contributed by atoms with Crippen LogP contribution in [-0.2, 0) is 0 Å². The van der Waals surface area contributed by atoms with Crippen molar-refractivity contribution in [1.82, 2.24) is 15.5 Å². The van der Waals surface area contributed by atoms with Crippen LogP contribution in [0.2, 0.25) is 0 Å². The minimum atomic E-state index is -0.178. The number of benzene rings is 1. The van der Waals surface area contributed by atoms with Crippen LogP contribution in [0.1, 0.15) is 54.6 Å². The van der Waals surface area contributed by atoms with E-state index in [0.29, 0.717) is 35.7 Å². The molecule has 1 unspecified atom stereocenters. The van der Waals surface area contributed by atoms with E-state index in [0.717, 1.165) is 68.7 Å². The van der Waals surface area contributed by atoms with Gasteiger partial charge in [-0.2, -0.15) is 0 Å². The molecule has 2 aliphatic carbocycles. The third-order valence-corrected chi connectivity index (χ3v) is 7.91. The van der Waals surface area contributed by atoms with E-state index in [1.807, 2.05) is 25.1 Å². The number of ether oxygens (including phenoxy) is 1. The summed E-state index contributed by atoms with van der Waals surface area (Å²) in [7, 11) is 0. The molecule has 1 aliphatic heterocycles. The van der Waals surface area contributed by atoms with Crippen LogP contribution in [0.25, 0.3) is 4.85 Å². The zero-order valence-electron chi connectivity index (χ0n) is 20.2. The van der Waals surface area contributed by atoms with Crippen LogP contribution < -0.4 is 15.0 Å². The number of nitrogens with zero attached hydrogens (tertiary/aromatic N) is 4. The summed E-state index contributed by atoms with van der Waals surface area (Å²) in [6.07, 6.45) is 5.74. The third-order valence-electron chi connectivity index (χ3n) is 7.91. The maximum absolute atomic E-state index is 12.7. The average molecular weight is 476 g/mol. The molecule has 2 aromatic rings. The van der Waals surface area contributed by atoms with Crippen LogP contribution in [0, 0.1) is 31.2 Å². The Morgan fingerprint density at radius 2 is 1.89 bits per heavy atom. The molecular weight excluding hydrogens is 442 g/mol. The average Bonchev–Trinajstić information content (AvgIpc) is 3.45. The number of carbonyl (C=O) groups excluding carboxylic acids is 1. The summed E-state index contributed by atoms with van der Waals surface area (Å²) in [5.41, 5.74) is 1.93. The summed E-state index contributed by atoms with van der Waals surface area (Å²) in [6.45, 7) is 11.3. The van der Waals surface area contributed by atoms with Crippen molar-refractivity contribution in [1.29, 1.82) is 0 Å². The number of aromatic nitrogens is 2. The van der Waals surface area contributed by atoms with Gasteiger partial charge >= 0.3 is 0 Å². The van der Waals surface area contributed by atoms with Crippen LogP contribution in [0.3, 0.4) is 0 Å². The smallest absolute Gasteiger partial charge is 0.272 e. The molecular formula is C27H33N5O3. The van der Waals surface area contributed by atoms with Gasteiger partial charge in [0.2, 0.25) is 0 Å². The van der Waals surface area contributed by atoms with E-state index in [-0.39, 0.29) is 18.1 Å². The van der Waals surface area contributed by atoms with Crippen molar-refractivity contribution in [2.24, 2.45) is 17.8 Å². The van der Waals surface area contributed by atoms with E-state index in [1.54, 1.807) is 12.1 Å². The Morgan fingerprint density at radius 3 is 2.49 bits per heavy atom. The first-order valence-electron chi connectivity index (χ1n) is 12.7. The second-order valence-electron chi connectivity index (χ2n) is 10.3. The molecule has 0 spiro atoms. The molecule has 3 aliphatic rings. The molecule has 0 bridgehead atoms. The third kappa shape index (κ3) is 5.25. The molecule has 0 radical (unpaired) electrons. The number of aliphatic hydroxyl groups excluding tert-OH is 1. The summed E-state index contributed by atoms with van der Waals surface area (Å²) >= 11 is 0. The highest BCUT2D eigenvalue weighted by Crippen LogP contribution is 2.42. The highest BCUT2D eigenvalue weighted by Gasteiger charge is 2.41. The number of hydrogen-bond donors (Lipinski definition) is 2. The lowest BCUT2D eigenvalue weighted by Gasteiger charge is -2.29. The monoisotopic (exact) mass is 475 g/mol. The lowest BCUT2D eigenvalue weighted by Crippen LogP contribution is -2.40. The second-order valence-corrected chi connectivity index (χ2v) is 10.3. The Labute approximate surface area is 206 Å². The SMILES string of the molecule is [C-]#[N+]c1ccc(OC2CCC(NC(=O)c3ccc(N4C[C@H]5CC(CO)C[C@H]5C4)nn3)CC2)cc1C. The summed E-state index contributed by atoms with van der Waals surface area (Å²) in [5, 5.41) is 21.1. The Morgan fingerprint density at radius 1 is 1.14 bits per heavy atom. The topological polar surface area (TPSA) is 91.9 Å². The fourth-order valence-electron chi connectivity index (χ4n) is 5.98. The molecule has 1 saturated heterocycles. The molecule has 3 fully saturated rings. The molecule has 1 amide bonds. The number of amides is 1. The van der Waals surface area contributed by atoms with Crippen molar-refractivity contribution in [3.8, 4) is 5.75 Å². The van der Waals surface area contributed by atoms with Crippen LogP contribution in [0.15, 0.2) is 30.3 Å². The van der Waals surface area contributed by atoms with Crippen molar-refractivity contribution < 1.29 is 14.6 Å². The van der Waals surface area contributed by atoms with Gasteiger partial charge in [-0.05, 0) is 93.0 Å². The number of nitrogens with one attached hydrogen (secondary N) is 1. The highest BCUT2D eigenvalue weighted by molar-refractivity contribution is 5.92. The van der Waals surface area contributed by atoms with Gasteiger partial charge in [0.1, 0.15) is 5.75 Å². The molecule has 5 rings (SSSR count). The van der Waals surface area contributed by atoms with Crippen LogP contribution in [0.4, 0.5) is 11.5 Å². The first-order chi connectivity index (χ1) is 17.0. The predicted molar refractivity (Wildman–Crippen MR) is 133 cm³/mol. The minimum Gasteiger partial charge on any atom is -0.491 e. The van der Waals surface area contributed by atoms with E-state index < -0.39 is 0 Å². The molecule has 2 heterocycles. The van der Waals surface area contributed by atoms with Gasteiger partial charge in [-0.3, -0.25) is 4.79 Å². The number of fused-ring (bicyclic) bond motifs is 1. The number of aliphatic hydroxyl groups is 1. The molecule has 3 atom stereocenters. The van der Waals surface area contributed by atoms with E-state index in [4.69, 9.17) is 11.3 Å². The van der Waals surface area contributed by atoms with Gasteiger partial charge in [-0.15, -0.1) is 10.2 Å². The van der Waals surface area contributed by atoms with Crippen molar-refractivity contribution in [2.45, 2.75) is 57.6 Å². The standard InChI is InChI=1S/C27H33N5O3/c1-17-11-23(7-8-24(17)28-2)35-22-5-3-21(4-6-22)29-27(34)25-9-10-26(31-30-25)32-14-19-12-18(16-33)13-20(19)15-32/h7-11,18-22,33H,3-6,12-16H2,1H3,(H,29,34)/t18?,19-,20+,21?,22?. The van der Waals surface area contributed by atoms with Gasteiger partial charge in [-0.1, -0.05) is 6.07 Å². The van der Waals surface area contributed by atoms with Crippen LogP contribution in [0.5, 0.6) is 5.75 Å². The summed E-state index contributed by atoms with van der Waals surface area (Å²) in [4.78, 5) is 18.5. The lowest BCUT2D eigenvalue weighted by molar-refractivity contribution is 0.0888. The fraction of sp³-hybridized carbons (Fsp3) is 0.556. The van der Waals surface area contributed by atoms with E-state index in [2.05, 4.69) is 25.3 Å². The fourth-order valence-corrected chi connectivity index (χ4v) is 5.98. The van der Waals surface area contributed by atoms with E-state index in [9.17, 15) is 9.90 Å². The van der Waals surface area contributed by atoms with Gasteiger partial charge in [0.25, 0.3) is 5.91 Å². The Balaban J connectivity index is 1.08. The van der Waals surface area contributed by atoms with Crippen LogP contribution >= 0.6 is 0 Å². The molecule has 8 heteroatoms. The zero-order chi connectivity index (χ0) is 24.4. The zero-order valence-corrected chi connectivity index (χ0v) is 20.2. The Bertz CT molecular complexity index is 1080. The Hall–Kier alpha value is -3.18. The molecule has 1 aromatic carbocycles. The normalized spacial score (nSPS) is 27.8. The first-order valence-corrected chi connectivity index (χ1v) is 12.7. The van der Waals surface area contributed by atoms with Gasteiger partial charge in [0, 0.05) is 25.7 Å². The summed E-state index contributed by atoms with van der Waals surface area (Å²) in [6, 6.07) is 9.36. The molecule has 1 aromatic heterocycles. The number of aryl methyl sites for hydroxylation is 1. The summed E-state index contributed by atoms with van der Waals surface area (Å²) < 4.78 is 6.12. The van der Waals surface area contributed by atoms with Gasteiger partial charge < -0.3 is 20.1 Å². The van der Waals surface area contributed by atoms with Gasteiger partial charge in [0.15, 0.2) is 17.2 Å². The number of carbonyl (C=O) groups is 1. The molecule has 2 N–H and O–H groups in total. The van der Waals surface area contributed by atoms with Gasteiger partial charge in [-0.25, -0.2) is 4.85 Å². The summed E-state index contributed by atoms with van der Waals surface area (Å²) in [5.74, 6) is 3.15. The molecule has 35 heavy (non-hydrogen) atoms. The van der Waals surface area contributed by atoms with Crippen molar-refractivity contribution in [3.63, 3.8) is 0 Å². The maximum atomic E-state index is 12.7. The van der Waals surface area contributed by atoms with E-state index >= 15 is 0 Å². The van der Waals surface area contributed by atoms with Crippen molar-refractivity contribution in [3.05, 3.63) is 53.0 Å². The molecule has 184 valence electrons. The number of anilines is 1.